The molecule has 9 nitrogen and oxygen atoms in total. The third-order valence-corrected chi connectivity index (χ3v) is 6.68. The number of carbonyl (C=O) groups is 3. The molecule has 0 bridgehead atoms. The fourth-order valence-electron chi connectivity index (χ4n) is 4.69. The molecule has 1 aliphatic heterocycles. The van der Waals surface area contributed by atoms with Gasteiger partial charge in [-0.2, -0.15) is 0 Å². The highest BCUT2D eigenvalue weighted by molar-refractivity contribution is 6.12. The predicted octanol–water partition coefficient (Wildman–Crippen LogP) is 3.36. The Hall–Kier alpha value is -3.49. The molecule has 0 amide bonds. The average Bonchev–Trinajstić information content (AvgIpc) is 2.82. The fraction of sp³-hybridized carbons (Fsp3) is 0.500. The minimum atomic E-state index is -1.01. The number of allylic oxidation sites excluding steroid dienone is 3. The summed E-state index contributed by atoms with van der Waals surface area (Å²) in [5.74, 6) is -3.77. The molecule has 2 N–H and O–H groups in total. The van der Waals surface area contributed by atoms with Gasteiger partial charge in [-0.1, -0.05) is 13.8 Å². The number of dihydropyridines is 1. The van der Waals surface area contributed by atoms with Gasteiger partial charge in [0.25, 0.3) is 0 Å². The molecular weight excluding hydrogens is 454 g/mol. The number of ketones is 1. The summed E-state index contributed by atoms with van der Waals surface area (Å²) < 4.78 is 21.2. The van der Waals surface area contributed by atoms with Crippen LogP contribution in [0.3, 0.4) is 0 Å². The van der Waals surface area contributed by atoms with Crippen LogP contribution in [0.1, 0.15) is 52.0 Å². The van der Waals surface area contributed by atoms with Crippen LogP contribution >= 0.6 is 0 Å². The van der Waals surface area contributed by atoms with Crippen LogP contribution in [-0.2, 0) is 23.9 Å². The van der Waals surface area contributed by atoms with E-state index in [1.807, 2.05) is 13.8 Å². The van der Waals surface area contributed by atoms with E-state index in [1.54, 1.807) is 26.0 Å². The van der Waals surface area contributed by atoms with Crippen molar-refractivity contribution in [1.29, 1.82) is 0 Å². The van der Waals surface area contributed by atoms with E-state index in [4.69, 9.17) is 18.9 Å². The molecule has 4 atom stereocenters. The second-order valence-electron chi connectivity index (χ2n) is 8.93. The van der Waals surface area contributed by atoms with Crippen LogP contribution in [0.5, 0.6) is 17.2 Å². The second kappa shape index (κ2) is 10.4. The van der Waals surface area contributed by atoms with Gasteiger partial charge in [0, 0.05) is 22.9 Å². The summed E-state index contributed by atoms with van der Waals surface area (Å²) in [5.41, 5.74) is 2.19. The number of hydrogen-bond acceptors (Lipinski definition) is 9. The first-order valence-electron chi connectivity index (χ1n) is 11.6. The molecule has 1 aromatic rings. The average molecular weight is 488 g/mol. The lowest BCUT2D eigenvalue weighted by atomic mass is 9.69. The molecule has 0 saturated carbocycles. The topological polar surface area (TPSA) is 120 Å². The predicted molar refractivity (Wildman–Crippen MR) is 127 cm³/mol. The van der Waals surface area contributed by atoms with Crippen molar-refractivity contribution in [3.05, 3.63) is 40.2 Å². The van der Waals surface area contributed by atoms with Crippen molar-refractivity contribution in [2.45, 2.75) is 52.6 Å². The van der Waals surface area contributed by atoms with E-state index < -0.39 is 29.6 Å². The van der Waals surface area contributed by atoms with E-state index in [1.165, 1.54) is 21.3 Å². The first-order chi connectivity index (χ1) is 16.6. The second-order valence-corrected chi connectivity index (χ2v) is 8.93. The van der Waals surface area contributed by atoms with E-state index in [9.17, 15) is 19.5 Å². The van der Waals surface area contributed by atoms with Crippen molar-refractivity contribution in [3.8, 4) is 17.2 Å². The zero-order valence-electron chi connectivity index (χ0n) is 21.2. The van der Waals surface area contributed by atoms with Gasteiger partial charge >= 0.3 is 11.9 Å². The summed E-state index contributed by atoms with van der Waals surface area (Å²) in [6.07, 6.45) is 0.688. The van der Waals surface area contributed by atoms with Crippen LogP contribution in [0.4, 0.5) is 0 Å². The number of carbonyl (C=O) groups excluding carboxylic acids is 3. The van der Waals surface area contributed by atoms with Gasteiger partial charge in [0.15, 0.2) is 17.3 Å². The van der Waals surface area contributed by atoms with Crippen molar-refractivity contribution in [2.24, 2.45) is 11.8 Å². The monoisotopic (exact) mass is 487 g/mol. The number of hydrogen-bond donors (Lipinski definition) is 2. The third kappa shape index (κ3) is 4.72. The smallest absolute Gasteiger partial charge is 0.337 e. The van der Waals surface area contributed by atoms with Crippen molar-refractivity contribution in [3.63, 3.8) is 0 Å². The van der Waals surface area contributed by atoms with Gasteiger partial charge in [0.05, 0.1) is 33.0 Å². The van der Waals surface area contributed by atoms with Crippen molar-refractivity contribution >= 4 is 17.7 Å². The van der Waals surface area contributed by atoms with Crippen LogP contribution in [-0.4, -0.2) is 50.3 Å². The fourth-order valence-corrected chi connectivity index (χ4v) is 4.69. The summed E-state index contributed by atoms with van der Waals surface area (Å²) >= 11 is 0. The maximum absolute atomic E-state index is 13.8. The highest BCUT2D eigenvalue weighted by Crippen LogP contribution is 2.48. The minimum Gasteiger partial charge on any atom is -0.502 e. The van der Waals surface area contributed by atoms with Crippen molar-refractivity contribution < 1.29 is 38.4 Å². The molecule has 9 heteroatoms. The van der Waals surface area contributed by atoms with Crippen LogP contribution in [0.2, 0.25) is 0 Å². The SMILES string of the molecule is CC[C@H](C)OC(=O)C1=C(C)NC2=C(C(=O)[C@H](C(=O)OC)[C@@H](C)C2)[C@H]1c1cc(OC)c(O)c(OC)c1. The first kappa shape index (κ1) is 26.1. The first-order valence-corrected chi connectivity index (χ1v) is 11.6. The van der Waals surface area contributed by atoms with Gasteiger partial charge in [-0.15, -0.1) is 0 Å². The number of esters is 2. The molecule has 1 aromatic carbocycles. The number of benzene rings is 1. The third-order valence-electron chi connectivity index (χ3n) is 6.68. The van der Waals surface area contributed by atoms with E-state index in [0.717, 1.165) is 0 Å². The highest BCUT2D eigenvalue weighted by Gasteiger charge is 2.47. The Balaban J connectivity index is 2.27. The minimum absolute atomic E-state index is 0.119. The zero-order valence-corrected chi connectivity index (χ0v) is 21.2. The Bertz CT molecular complexity index is 1080. The zero-order chi connectivity index (χ0) is 26.0. The molecule has 1 heterocycles. The molecular formula is C26H33NO8. The molecule has 3 rings (SSSR count). The van der Waals surface area contributed by atoms with Crippen LogP contribution in [0, 0.1) is 11.8 Å². The van der Waals surface area contributed by atoms with Crippen LogP contribution < -0.4 is 14.8 Å². The van der Waals surface area contributed by atoms with Gasteiger partial charge in [-0.3, -0.25) is 9.59 Å². The molecule has 0 spiro atoms. The molecule has 0 radical (unpaired) electrons. The number of phenols is 1. The molecule has 2 aliphatic rings. The summed E-state index contributed by atoms with van der Waals surface area (Å²) in [6.45, 7) is 7.26. The molecule has 0 unspecified atom stereocenters. The maximum Gasteiger partial charge on any atom is 0.337 e. The summed E-state index contributed by atoms with van der Waals surface area (Å²) in [7, 11) is 4.04. The molecule has 0 fully saturated rings. The summed E-state index contributed by atoms with van der Waals surface area (Å²) in [5, 5.41) is 13.7. The van der Waals surface area contributed by atoms with Crippen molar-refractivity contribution in [1.82, 2.24) is 5.32 Å². The van der Waals surface area contributed by atoms with E-state index >= 15 is 0 Å². The Labute approximate surface area is 205 Å². The van der Waals surface area contributed by atoms with E-state index in [-0.39, 0.29) is 40.4 Å². The van der Waals surface area contributed by atoms with E-state index in [0.29, 0.717) is 29.8 Å². The van der Waals surface area contributed by atoms with Gasteiger partial charge < -0.3 is 29.4 Å². The summed E-state index contributed by atoms with van der Waals surface area (Å²) in [6, 6.07) is 3.11. The van der Waals surface area contributed by atoms with Gasteiger partial charge in [0.2, 0.25) is 5.75 Å². The Morgan fingerprint density at radius 3 is 2.29 bits per heavy atom. The number of aromatic hydroxyl groups is 1. The molecule has 0 saturated heterocycles. The molecule has 0 aromatic heterocycles. The normalized spacial score (nSPS) is 22.7. The van der Waals surface area contributed by atoms with Crippen molar-refractivity contribution in [2.75, 3.05) is 21.3 Å². The number of phenolic OH excluding ortho intramolecular Hbond substituents is 1. The molecule has 190 valence electrons. The number of nitrogens with one attached hydrogen (secondary N) is 1. The number of Topliss-reactive ketones (excluding diaryl/α,β-unsaturated/α-hetero) is 1. The lowest BCUT2D eigenvalue weighted by molar-refractivity contribution is -0.151. The lowest BCUT2D eigenvalue weighted by Gasteiger charge is -2.38. The van der Waals surface area contributed by atoms with Gasteiger partial charge in [0.1, 0.15) is 5.92 Å². The van der Waals surface area contributed by atoms with Gasteiger partial charge in [-0.25, -0.2) is 4.79 Å². The van der Waals surface area contributed by atoms with E-state index in [2.05, 4.69) is 5.32 Å². The standard InChI is InChI=1S/C26H33NO8/c1-8-13(3)35-26(31)20-14(4)27-16-9-12(2)19(25(30)34-7)24(29)22(16)21(20)15-10-17(32-5)23(28)18(11-15)33-6/h10-13,19,21,27-28H,8-9H2,1-7H3/t12-,13-,19+,21-/m0/s1. The Morgan fingerprint density at radius 2 is 1.77 bits per heavy atom. The number of rotatable bonds is 7. The quantitative estimate of drug-likeness (QED) is 0.440. The lowest BCUT2D eigenvalue weighted by Crippen LogP contribution is -2.43. The maximum atomic E-state index is 13.8. The van der Waals surface area contributed by atoms with Crippen LogP contribution in [0.15, 0.2) is 34.7 Å². The number of ether oxygens (including phenoxy) is 4. The largest absolute Gasteiger partial charge is 0.502 e. The Kier molecular flexibility index (Phi) is 7.77. The Morgan fingerprint density at radius 1 is 1.17 bits per heavy atom. The molecule has 35 heavy (non-hydrogen) atoms. The van der Waals surface area contributed by atoms with Crippen LogP contribution in [0.25, 0.3) is 0 Å². The van der Waals surface area contributed by atoms with Gasteiger partial charge in [-0.05, 0) is 50.3 Å². The highest BCUT2D eigenvalue weighted by atomic mass is 16.5. The molecule has 1 aliphatic carbocycles. The number of methoxy groups -OCH3 is 3. The summed E-state index contributed by atoms with van der Waals surface area (Å²) in [4.78, 5) is 39.7.